The van der Waals surface area contributed by atoms with Crippen LogP contribution in [-0.2, 0) is 4.74 Å². The number of halogens is 2. The molecule has 0 saturated heterocycles. The molecule has 0 aliphatic carbocycles. The van der Waals surface area contributed by atoms with Crippen LogP contribution in [0.3, 0.4) is 0 Å². The minimum absolute atomic E-state index is 0.0196. The van der Waals surface area contributed by atoms with Gasteiger partial charge in [0.25, 0.3) is 0 Å². The Balaban J connectivity index is 4.88. The maximum atomic E-state index is 12.9. The summed E-state index contributed by atoms with van der Waals surface area (Å²) in [4.78, 5) is 0. The molecular formula is C13H16ClFO. The topological polar surface area (TPSA) is 9.23 Å². The van der Waals surface area contributed by atoms with E-state index in [1.807, 2.05) is 6.92 Å². The number of allylic oxidation sites excluding steroid dienone is 7. The molecule has 0 atom stereocenters. The maximum Gasteiger partial charge on any atom is 0.144 e. The number of rotatable bonds is 5. The van der Waals surface area contributed by atoms with E-state index in [2.05, 4.69) is 6.58 Å². The van der Waals surface area contributed by atoms with Gasteiger partial charge in [-0.15, -0.1) is 0 Å². The first kappa shape index (κ1) is 14.7. The molecule has 1 nitrogen and oxygen atoms in total. The van der Waals surface area contributed by atoms with Gasteiger partial charge >= 0.3 is 0 Å². The molecule has 0 aromatic heterocycles. The highest BCUT2D eigenvalue weighted by atomic mass is 35.5. The van der Waals surface area contributed by atoms with E-state index in [1.165, 1.54) is 6.92 Å². The van der Waals surface area contributed by atoms with Gasteiger partial charge < -0.3 is 4.74 Å². The summed E-state index contributed by atoms with van der Waals surface area (Å²) in [5.41, 5.74) is 0. The summed E-state index contributed by atoms with van der Waals surface area (Å²) in [7, 11) is 0. The quantitative estimate of drug-likeness (QED) is 0.487. The molecule has 0 heterocycles. The summed E-state index contributed by atoms with van der Waals surface area (Å²) < 4.78 is 18.3. The zero-order valence-electron chi connectivity index (χ0n) is 9.76. The zero-order chi connectivity index (χ0) is 12.6. The van der Waals surface area contributed by atoms with Gasteiger partial charge in [0.1, 0.15) is 22.4 Å². The highest BCUT2D eigenvalue weighted by molar-refractivity contribution is 6.31. The second kappa shape index (κ2) is 7.94. The van der Waals surface area contributed by atoms with E-state index in [4.69, 9.17) is 16.3 Å². The van der Waals surface area contributed by atoms with E-state index in [0.29, 0.717) is 11.5 Å². The van der Waals surface area contributed by atoms with E-state index < -0.39 is 5.83 Å². The molecule has 0 aliphatic heterocycles. The molecule has 3 heteroatoms. The molecule has 0 radical (unpaired) electrons. The van der Waals surface area contributed by atoms with Gasteiger partial charge in [0.15, 0.2) is 0 Å². The molecule has 0 aromatic rings. The maximum absolute atomic E-state index is 12.9. The molecule has 0 saturated carbocycles. The van der Waals surface area contributed by atoms with Crippen molar-refractivity contribution in [2.45, 2.75) is 20.8 Å². The van der Waals surface area contributed by atoms with Gasteiger partial charge in [-0.1, -0.05) is 30.3 Å². The fourth-order valence-corrected chi connectivity index (χ4v) is 1.03. The third-order valence-corrected chi connectivity index (χ3v) is 2.14. The third-order valence-electron chi connectivity index (χ3n) is 1.69. The third kappa shape index (κ3) is 4.99. The monoisotopic (exact) mass is 242 g/mol. The first-order chi connectivity index (χ1) is 7.56. The van der Waals surface area contributed by atoms with E-state index in [-0.39, 0.29) is 5.03 Å². The average Bonchev–Trinajstić information content (AvgIpc) is 2.28. The Morgan fingerprint density at radius 3 is 2.31 bits per heavy atom. The molecule has 16 heavy (non-hydrogen) atoms. The van der Waals surface area contributed by atoms with E-state index in [0.717, 1.165) is 0 Å². The highest BCUT2D eigenvalue weighted by Crippen LogP contribution is 2.23. The SMILES string of the molecule is C=C/C=C\C(=C/C)OC(=C/C)/C(Cl)=C(\C)F. The van der Waals surface area contributed by atoms with Crippen LogP contribution in [0.4, 0.5) is 4.39 Å². The number of hydrogen-bond acceptors (Lipinski definition) is 1. The predicted octanol–water partition coefficient (Wildman–Crippen LogP) is 4.99. The van der Waals surface area contributed by atoms with Crippen LogP contribution in [0.2, 0.25) is 0 Å². The summed E-state index contributed by atoms with van der Waals surface area (Å²) in [6.07, 6.45) is 8.43. The molecule has 88 valence electrons. The van der Waals surface area contributed by atoms with Gasteiger partial charge in [-0.3, -0.25) is 0 Å². The largest absolute Gasteiger partial charge is 0.456 e. The fraction of sp³-hybridized carbons (Fsp3) is 0.231. The van der Waals surface area contributed by atoms with E-state index in [1.54, 1.807) is 37.3 Å². The molecule has 0 N–H and O–H groups in total. The van der Waals surface area contributed by atoms with Crippen LogP contribution >= 0.6 is 11.6 Å². The molecule has 0 rings (SSSR count). The Labute approximate surface area is 101 Å². The summed E-state index contributed by atoms with van der Waals surface area (Å²) in [5.74, 6) is 0.397. The minimum atomic E-state index is -0.474. The van der Waals surface area contributed by atoms with Crippen LogP contribution in [0.5, 0.6) is 0 Å². The lowest BCUT2D eigenvalue weighted by Gasteiger charge is -2.09. The van der Waals surface area contributed by atoms with Gasteiger partial charge in [0.05, 0.1) is 0 Å². The fourth-order valence-electron chi connectivity index (χ4n) is 0.879. The van der Waals surface area contributed by atoms with Crippen LogP contribution in [0, 0.1) is 0 Å². The van der Waals surface area contributed by atoms with Crippen molar-refractivity contribution in [3.8, 4) is 0 Å². The van der Waals surface area contributed by atoms with Crippen LogP contribution in [0.15, 0.2) is 59.3 Å². The lowest BCUT2D eigenvalue weighted by atomic mass is 10.3. The Morgan fingerprint density at radius 2 is 1.94 bits per heavy atom. The van der Waals surface area contributed by atoms with Crippen LogP contribution in [0.1, 0.15) is 20.8 Å². The van der Waals surface area contributed by atoms with Crippen molar-refractivity contribution in [3.05, 3.63) is 59.3 Å². The van der Waals surface area contributed by atoms with Gasteiger partial charge in [0.2, 0.25) is 0 Å². The number of hydrogen-bond donors (Lipinski definition) is 0. The van der Waals surface area contributed by atoms with Crippen molar-refractivity contribution >= 4 is 11.6 Å². The van der Waals surface area contributed by atoms with Crippen LogP contribution in [0.25, 0.3) is 0 Å². The van der Waals surface area contributed by atoms with Crippen molar-refractivity contribution in [3.63, 3.8) is 0 Å². The molecule has 0 spiro atoms. The predicted molar refractivity (Wildman–Crippen MR) is 67.6 cm³/mol. The Bertz CT molecular complexity index is 358. The first-order valence-corrected chi connectivity index (χ1v) is 5.26. The van der Waals surface area contributed by atoms with E-state index in [9.17, 15) is 4.39 Å². The smallest absolute Gasteiger partial charge is 0.144 e. The van der Waals surface area contributed by atoms with Crippen molar-refractivity contribution in [1.82, 2.24) is 0 Å². The van der Waals surface area contributed by atoms with Gasteiger partial charge in [0, 0.05) is 0 Å². The van der Waals surface area contributed by atoms with Crippen LogP contribution < -0.4 is 0 Å². The van der Waals surface area contributed by atoms with Crippen molar-refractivity contribution in [2.24, 2.45) is 0 Å². The van der Waals surface area contributed by atoms with Crippen molar-refractivity contribution in [1.29, 1.82) is 0 Å². The summed E-state index contributed by atoms with van der Waals surface area (Å²) >= 11 is 5.76. The second-order valence-electron chi connectivity index (χ2n) is 2.89. The Morgan fingerprint density at radius 1 is 1.31 bits per heavy atom. The second-order valence-corrected chi connectivity index (χ2v) is 3.27. The number of ether oxygens (including phenoxy) is 1. The summed E-state index contributed by atoms with van der Waals surface area (Å²) in [5, 5.41) is -0.0196. The zero-order valence-corrected chi connectivity index (χ0v) is 10.5. The first-order valence-electron chi connectivity index (χ1n) is 4.88. The summed E-state index contributed by atoms with van der Waals surface area (Å²) in [6.45, 7) is 8.37. The molecule has 0 aromatic carbocycles. The molecule has 0 bridgehead atoms. The van der Waals surface area contributed by atoms with Crippen LogP contribution in [-0.4, -0.2) is 0 Å². The van der Waals surface area contributed by atoms with Crippen molar-refractivity contribution in [2.75, 3.05) is 0 Å². The van der Waals surface area contributed by atoms with E-state index >= 15 is 0 Å². The normalized spacial score (nSPS) is 15.1. The summed E-state index contributed by atoms with van der Waals surface area (Å²) in [6, 6.07) is 0. The molecular weight excluding hydrogens is 227 g/mol. The van der Waals surface area contributed by atoms with Gasteiger partial charge in [-0.05, 0) is 39.0 Å². The molecule has 0 unspecified atom stereocenters. The van der Waals surface area contributed by atoms with Crippen molar-refractivity contribution < 1.29 is 9.13 Å². The molecule has 0 fully saturated rings. The standard InChI is InChI=1S/C13H16ClFO/c1-5-8-9-11(6-2)16-12(7-3)13(14)10(4)15/h5-9H,1H2,2-4H3/b9-8-,11-6+,12-7+,13-10-. The molecule has 0 amide bonds. The lowest BCUT2D eigenvalue weighted by molar-refractivity contribution is 0.330. The van der Waals surface area contributed by atoms with Gasteiger partial charge in [-0.25, -0.2) is 4.39 Å². The molecule has 0 aliphatic rings. The lowest BCUT2D eigenvalue weighted by Crippen LogP contribution is -1.92. The Hall–Kier alpha value is -1.28. The minimum Gasteiger partial charge on any atom is -0.456 e. The van der Waals surface area contributed by atoms with Gasteiger partial charge in [-0.2, -0.15) is 0 Å². The Kier molecular flexibility index (Phi) is 7.31. The average molecular weight is 243 g/mol. The highest BCUT2D eigenvalue weighted by Gasteiger charge is 2.08.